The Labute approximate surface area is 189 Å². The molecular weight excluding hydrogens is 410 g/mol. The van der Waals surface area contributed by atoms with Gasteiger partial charge in [0.25, 0.3) is 5.91 Å². The summed E-state index contributed by atoms with van der Waals surface area (Å²) < 4.78 is 0. The third kappa shape index (κ3) is 5.46. The van der Waals surface area contributed by atoms with Crippen molar-refractivity contribution < 1.29 is 9.59 Å². The molecule has 1 N–H and O–H groups in total. The second-order valence-corrected chi connectivity index (χ2v) is 8.95. The van der Waals surface area contributed by atoms with E-state index in [0.717, 1.165) is 25.9 Å². The molecular formula is C25H30ClN3O2. The Balaban J connectivity index is 1.37. The van der Waals surface area contributed by atoms with Crippen LogP contribution in [0.5, 0.6) is 0 Å². The molecule has 164 valence electrons. The van der Waals surface area contributed by atoms with E-state index in [2.05, 4.69) is 34.5 Å². The Morgan fingerprint density at radius 1 is 0.968 bits per heavy atom. The molecule has 2 fully saturated rings. The molecule has 0 spiro atoms. The number of rotatable bonds is 6. The lowest BCUT2D eigenvalue weighted by Crippen LogP contribution is -2.47. The molecule has 0 aromatic heterocycles. The van der Waals surface area contributed by atoms with Gasteiger partial charge in [0.15, 0.2) is 0 Å². The van der Waals surface area contributed by atoms with E-state index in [4.69, 9.17) is 11.6 Å². The predicted octanol–water partition coefficient (Wildman–Crippen LogP) is 4.15. The Morgan fingerprint density at radius 3 is 2.39 bits per heavy atom. The minimum absolute atomic E-state index is 0.0339. The van der Waals surface area contributed by atoms with Crippen molar-refractivity contribution in [3.05, 3.63) is 70.7 Å². The molecule has 2 aliphatic rings. The summed E-state index contributed by atoms with van der Waals surface area (Å²) in [5.41, 5.74) is 1.86. The zero-order valence-corrected chi connectivity index (χ0v) is 18.6. The minimum Gasteiger partial charge on any atom is -0.354 e. The highest BCUT2D eigenvalue weighted by Crippen LogP contribution is 2.25. The van der Waals surface area contributed by atoms with Gasteiger partial charge in [-0.05, 0) is 68.6 Å². The van der Waals surface area contributed by atoms with Crippen molar-refractivity contribution in [1.29, 1.82) is 0 Å². The van der Waals surface area contributed by atoms with Crippen molar-refractivity contribution in [3.8, 4) is 0 Å². The lowest BCUT2D eigenvalue weighted by molar-refractivity contribution is -0.126. The number of likely N-dealkylation sites (tertiary alicyclic amines) is 2. The maximum absolute atomic E-state index is 13.0. The molecule has 4 rings (SSSR count). The Morgan fingerprint density at radius 2 is 1.68 bits per heavy atom. The molecule has 2 saturated heterocycles. The molecule has 6 heteroatoms. The lowest BCUT2D eigenvalue weighted by Gasteiger charge is -2.33. The summed E-state index contributed by atoms with van der Waals surface area (Å²) >= 11 is 5.94. The normalized spacial score (nSPS) is 20.4. The van der Waals surface area contributed by atoms with Crippen molar-refractivity contribution >= 4 is 23.4 Å². The largest absolute Gasteiger partial charge is 0.354 e. The molecule has 2 aromatic carbocycles. The van der Waals surface area contributed by atoms with Crippen molar-refractivity contribution in [2.45, 2.75) is 31.7 Å². The van der Waals surface area contributed by atoms with Crippen LogP contribution in [0.15, 0.2) is 54.6 Å². The van der Waals surface area contributed by atoms with Crippen molar-refractivity contribution in [2.75, 3.05) is 32.7 Å². The van der Waals surface area contributed by atoms with Gasteiger partial charge in [-0.15, -0.1) is 0 Å². The van der Waals surface area contributed by atoms with Crippen LogP contribution in [-0.2, 0) is 4.79 Å². The molecule has 2 unspecified atom stereocenters. The van der Waals surface area contributed by atoms with Crippen LogP contribution < -0.4 is 5.32 Å². The molecule has 2 atom stereocenters. The van der Waals surface area contributed by atoms with Crippen LogP contribution in [0.1, 0.15) is 47.6 Å². The van der Waals surface area contributed by atoms with Gasteiger partial charge >= 0.3 is 0 Å². The summed E-state index contributed by atoms with van der Waals surface area (Å²) in [6.07, 6.45) is 4.07. The van der Waals surface area contributed by atoms with Crippen molar-refractivity contribution in [2.24, 2.45) is 5.92 Å². The standard InChI is InChI=1S/C25H30ClN3O2/c26-22-12-10-20(11-13-22)25(31)29-16-6-9-21(18-29)24(30)27-17-23(28-14-4-5-15-28)19-7-2-1-3-8-19/h1-3,7-8,10-13,21,23H,4-6,9,14-18H2,(H,27,30). The highest BCUT2D eigenvalue weighted by atomic mass is 35.5. The quantitative estimate of drug-likeness (QED) is 0.735. The smallest absolute Gasteiger partial charge is 0.253 e. The SMILES string of the molecule is O=C(NCC(c1ccccc1)N1CCCC1)C1CCCN(C(=O)c2ccc(Cl)cc2)C1. The van der Waals surface area contributed by atoms with Crippen LogP contribution >= 0.6 is 11.6 Å². The van der Waals surface area contributed by atoms with E-state index in [1.165, 1.54) is 18.4 Å². The molecule has 0 aliphatic carbocycles. The first kappa shape index (κ1) is 21.8. The Hall–Kier alpha value is -2.37. The Kier molecular flexibility index (Phi) is 7.25. The first-order valence-corrected chi connectivity index (χ1v) is 11.6. The lowest BCUT2D eigenvalue weighted by atomic mass is 9.96. The molecule has 2 aliphatic heterocycles. The van der Waals surface area contributed by atoms with E-state index >= 15 is 0 Å². The van der Waals surface area contributed by atoms with Gasteiger partial charge in [0.2, 0.25) is 5.91 Å². The number of halogens is 1. The van der Waals surface area contributed by atoms with Gasteiger partial charge in [-0.3, -0.25) is 14.5 Å². The van der Waals surface area contributed by atoms with Crippen LogP contribution in [0.2, 0.25) is 5.02 Å². The summed E-state index contributed by atoms with van der Waals surface area (Å²) in [4.78, 5) is 30.1. The number of benzene rings is 2. The molecule has 0 saturated carbocycles. The highest BCUT2D eigenvalue weighted by molar-refractivity contribution is 6.30. The van der Waals surface area contributed by atoms with Gasteiger partial charge in [-0.2, -0.15) is 0 Å². The molecule has 2 heterocycles. The van der Waals surface area contributed by atoms with Gasteiger partial charge in [0, 0.05) is 30.2 Å². The molecule has 2 amide bonds. The van der Waals surface area contributed by atoms with Crippen molar-refractivity contribution in [1.82, 2.24) is 15.1 Å². The first-order valence-electron chi connectivity index (χ1n) is 11.2. The number of nitrogens with zero attached hydrogens (tertiary/aromatic N) is 2. The number of nitrogens with one attached hydrogen (secondary N) is 1. The van der Waals surface area contributed by atoms with Gasteiger partial charge in [0.05, 0.1) is 12.0 Å². The summed E-state index contributed by atoms with van der Waals surface area (Å²) in [7, 11) is 0. The minimum atomic E-state index is -0.167. The van der Waals surface area contributed by atoms with Crippen LogP contribution in [0.3, 0.4) is 0 Å². The highest BCUT2D eigenvalue weighted by Gasteiger charge is 2.30. The zero-order valence-electron chi connectivity index (χ0n) is 17.8. The number of amides is 2. The second kappa shape index (κ2) is 10.3. The van der Waals surface area contributed by atoms with Gasteiger partial charge in [-0.1, -0.05) is 41.9 Å². The fourth-order valence-electron chi connectivity index (χ4n) is 4.68. The van der Waals surface area contributed by atoms with Crippen molar-refractivity contribution in [3.63, 3.8) is 0 Å². The number of hydrogen-bond donors (Lipinski definition) is 1. The second-order valence-electron chi connectivity index (χ2n) is 8.51. The van der Waals surface area contributed by atoms with Crippen LogP contribution in [-0.4, -0.2) is 54.3 Å². The first-order chi connectivity index (χ1) is 15.1. The molecule has 0 radical (unpaired) electrons. The fourth-order valence-corrected chi connectivity index (χ4v) is 4.80. The van der Waals surface area contributed by atoms with Gasteiger partial charge < -0.3 is 10.2 Å². The van der Waals surface area contributed by atoms with E-state index in [1.807, 2.05) is 6.07 Å². The Bertz CT molecular complexity index is 881. The maximum atomic E-state index is 13.0. The molecule has 2 aromatic rings. The average Bonchev–Trinajstić information content (AvgIpc) is 3.34. The molecule has 31 heavy (non-hydrogen) atoms. The summed E-state index contributed by atoms with van der Waals surface area (Å²) in [5, 5.41) is 3.81. The average molecular weight is 440 g/mol. The topological polar surface area (TPSA) is 52.7 Å². The van der Waals surface area contributed by atoms with E-state index in [1.54, 1.807) is 29.2 Å². The number of carbonyl (C=O) groups is 2. The maximum Gasteiger partial charge on any atom is 0.253 e. The zero-order chi connectivity index (χ0) is 21.6. The van der Waals surface area contributed by atoms with E-state index < -0.39 is 0 Å². The van der Waals surface area contributed by atoms with Crippen LogP contribution in [0, 0.1) is 5.92 Å². The molecule has 0 bridgehead atoms. The number of carbonyl (C=O) groups excluding carboxylic acids is 2. The van der Waals surface area contributed by atoms with Gasteiger partial charge in [-0.25, -0.2) is 0 Å². The van der Waals surface area contributed by atoms with E-state index in [0.29, 0.717) is 30.2 Å². The molecule has 5 nitrogen and oxygen atoms in total. The monoisotopic (exact) mass is 439 g/mol. The van der Waals surface area contributed by atoms with E-state index in [-0.39, 0.29) is 23.8 Å². The third-order valence-corrected chi connectivity index (χ3v) is 6.66. The summed E-state index contributed by atoms with van der Waals surface area (Å²) in [6.45, 7) is 3.90. The van der Waals surface area contributed by atoms with E-state index in [9.17, 15) is 9.59 Å². The van der Waals surface area contributed by atoms with Crippen LogP contribution in [0.25, 0.3) is 0 Å². The third-order valence-electron chi connectivity index (χ3n) is 6.41. The summed E-state index contributed by atoms with van der Waals surface area (Å²) in [6, 6.07) is 17.6. The fraction of sp³-hybridized carbons (Fsp3) is 0.440. The van der Waals surface area contributed by atoms with Crippen LogP contribution in [0.4, 0.5) is 0 Å². The number of hydrogen-bond acceptors (Lipinski definition) is 3. The summed E-state index contributed by atoms with van der Waals surface area (Å²) in [5.74, 6) is -0.151. The predicted molar refractivity (Wildman–Crippen MR) is 123 cm³/mol. The number of piperidine rings is 1. The van der Waals surface area contributed by atoms with Gasteiger partial charge in [0.1, 0.15) is 0 Å².